The average molecular weight is 438 g/mol. The highest BCUT2D eigenvalue weighted by Crippen LogP contribution is 2.31. The van der Waals surface area contributed by atoms with Crippen molar-refractivity contribution in [2.24, 2.45) is 5.73 Å². The molecule has 0 saturated carbocycles. The van der Waals surface area contributed by atoms with E-state index in [9.17, 15) is 14.0 Å². The topological polar surface area (TPSA) is 114 Å². The van der Waals surface area contributed by atoms with E-state index in [0.717, 1.165) is 12.8 Å². The van der Waals surface area contributed by atoms with E-state index >= 15 is 0 Å². The molecule has 2 atom stereocenters. The Morgan fingerprint density at radius 1 is 1.16 bits per heavy atom. The van der Waals surface area contributed by atoms with Gasteiger partial charge in [-0.05, 0) is 36.8 Å². The molecule has 2 saturated heterocycles. The predicted octanol–water partition coefficient (Wildman–Crippen LogP) is 2.99. The SMILES string of the molecule is NC(=O)c1oc2ccc(F)cc2c1CC1NC1C(=O)c1cccc(OC2CCOCC2)c1. The standard InChI is InChI=1S/C24H23FN2O5/c25-14-4-5-20-17(11-14)18(23(32-20)24(26)29)12-19-21(27-19)22(28)13-2-1-3-16(10-13)31-15-6-8-30-9-7-15/h1-5,10-11,15,19,21,27H,6-9,12H2,(H2,26,29). The zero-order valence-electron chi connectivity index (χ0n) is 17.3. The summed E-state index contributed by atoms with van der Waals surface area (Å²) in [5, 5.41) is 3.65. The summed E-state index contributed by atoms with van der Waals surface area (Å²) in [6.45, 7) is 1.35. The van der Waals surface area contributed by atoms with E-state index in [1.807, 2.05) is 6.07 Å². The van der Waals surface area contributed by atoms with Gasteiger partial charge in [0.2, 0.25) is 0 Å². The van der Waals surface area contributed by atoms with E-state index in [1.165, 1.54) is 18.2 Å². The van der Waals surface area contributed by atoms with Crippen molar-refractivity contribution in [3.05, 3.63) is 65.2 Å². The average Bonchev–Trinajstić information content (AvgIpc) is 3.47. The fourth-order valence-electron chi connectivity index (χ4n) is 4.24. The van der Waals surface area contributed by atoms with Gasteiger partial charge in [0.15, 0.2) is 11.5 Å². The second-order valence-electron chi connectivity index (χ2n) is 8.19. The first-order chi connectivity index (χ1) is 15.5. The summed E-state index contributed by atoms with van der Waals surface area (Å²) in [6.07, 6.45) is 2.06. The number of Topliss-reactive ketones (excluding diaryl/α,β-unsaturated/α-hetero) is 1. The Morgan fingerprint density at radius 3 is 2.75 bits per heavy atom. The Morgan fingerprint density at radius 2 is 1.97 bits per heavy atom. The zero-order valence-corrected chi connectivity index (χ0v) is 17.3. The molecule has 2 fully saturated rings. The second-order valence-corrected chi connectivity index (χ2v) is 8.19. The molecule has 0 spiro atoms. The van der Waals surface area contributed by atoms with Crippen LogP contribution in [0.4, 0.5) is 4.39 Å². The van der Waals surface area contributed by atoms with Crippen molar-refractivity contribution in [3.8, 4) is 5.75 Å². The maximum atomic E-state index is 13.8. The van der Waals surface area contributed by atoms with E-state index in [0.29, 0.717) is 47.5 Å². The summed E-state index contributed by atoms with van der Waals surface area (Å²) in [5.74, 6) is -0.567. The van der Waals surface area contributed by atoms with Gasteiger partial charge in [0.05, 0.1) is 19.3 Å². The lowest BCUT2D eigenvalue weighted by atomic mass is 10.00. The number of furan rings is 1. The minimum atomic E-state index is -0.724. The second kappa shape index (κ2) is 8.37. The number of carbonyl (C=O) groups excluding carboxylic acids is 2. The maximum absolute atomic E-state index is 13.8. The number of nitrogens with two attached hydrogens (primary N) is 1. The number of ketones is 1. The molecule has 166 valence electrons. The minimum Gasteiger partial charge on any atom is -0.490 e. The van der Waals surface area contributed by atoms with Gasteiger partial charge in [0.25, 0.3) is 5.91 Å². The number of benzene rings is 2. The monoisotopic (exact) mass is 438 g/mol. The fraction of sp³-hybridized carbons (Fsp3) is 0.333. The number of hydrogen-bond donors (Lipinski definition) is 2. The molecular weight excluding hydrogens is 415 g/mol. The molecule has 3 heterocycles. The molecule has 0 aliphatic carbocycles. The quantitative estimate of drug-likeness (QED) is 0.433. The van der Waals surface area contributed by atoms with Crippen LogP contribution in [0.1, 0.15) is 39.3 Å². The van der Waals surface area contributed by atoms with Gasteiger partial charge in [0.1, 0.15) is 23.3 Å². The summed E-state index contributed by atoms with van der Waals surface area (Å²) < 4.78 is 30.7. The van der Waals surface area contributed by atoms with Crippen molar-refractivity contribution in [3.63, 3.8) is 0 Å². The number of ether oxygens (including phenoxy) is 2. The van der Waals surface area contributed by atoms with Crippen molar-refractivity contribution in [2.45, 2.75) is 37.5 Å². The third kappa shape index (κ3) is 4.11. The van der Waals surface area contributed by atoms with Crippen molar-refractivity contribution in [1.29, 1.82) is 0 Å². The van der Waals surface area contributed by atoms with Gasteiger partial charge in [-0.15, -0.1) is 0 Å². The smallest absolute Gasteiger partial charge is 0.284 e. The number of rotatable bonds is 7. The van der Waals surface area contributed by atoms with Gasteiger partial charge in [0, 0.05) is 35.4 Å². The Kier molecular flexibility index (Phi) is 5.40. The molecule has 3 aromatic rings. The molecule has 2 unspecified atom stereocenters. The van der Waals surface area contributed by atoms with Crippen LogP contribution in [0, 0.1) is 5.82 Å². The molecule has 5 rings (SSSR count). The van der Waals surface area contributed by atoms with Crippen LogP contribution in [0.25, 0.3) is 11.0 Å². The molecule has 3 N–H and O–H groups in total. The highest BCUT2D eigenvalue weighted by Gasteiger charge is 2.43. The molecular formula is C24H23FN2O5. The predicted molar refractivity (Wildman–Crippen MR) is 114 cm³/mol. The lowest BCUT2D eigenvalue weighted by Gasteiger charge is -2.23. The molecule has 1 amide bonds. The molecule has 2 aromatic carbocycles. The molecule has 1 aromatic heterocycles. The van der Waals surface area contributed by atoms with Crippen LogP contribution in [0.5, 0.6) is 5.75 Å². The molecule has 8 heteroatoms. The van der Waals surface area contributed by atoms with Gasteiger partial charge in [-0.3, -0.25) is 9.59 Å². The summed E-state index contributed by atoms with van der Waals surface area (Å²) in [5.41, 5.74) is 6.90. The summed E-state index contributed by atoms with van der Waals surface area (Å²) in [4.78, 5) is 24.9. The van der Waals surface area contributed by atoms with E-state index in [2.05, 4.69) is 5.32 Å². The van der Waals surface area contributed by atoms with Crippen LogP contribution >= 0.6 is 0 Å². The van der Waals surface area contributed by atoms with Crippen molar-refractivity contribution < 1.29 is 27.9 Å². The Labute approximate surface area is 183 Å². The molecule has 7 nitrogen and oxygen atoms in total. The number of halogens is 1. The highest BCUT2D eigenvalue weighted by molar-refractivity contribution is 6.03. The molecule has 2 aliphatic rings. The first-order valence-electron chi connectivity index (χ1n) is 10.6. The molecule has 0 radical (unpaired) electrons. The van der Waals surface area contributed by atoms with Crippen LogP contribution < -0.4 is 15.8 Å². The minimum absolute atomic E-state index is 0.00245. The third-order valence-electron chi connectivity index (χ3n) is 5.96. The third-order valence-corrected chi connectivity index (χ3v) is 5.96. The number of primary amides is 1. The van der Waals surface area contributed by atoms with E-state index in [1.54, 1.807) is 18.2 Å². The van der Waals surface area contributed by atoms with Crippen molar-refractivity contribution >= 4 is 22.7 Å². The number of nitrogens with one attached hydrogen (secondary N) is 1. The van der Waals surface area contributed by atoms with Gasteiger partial charge >= 0.3 is 0 Å². The highest BCUT2D eigenvalue weighted by atomic mass is 19.1. The Bertz CT molecular complexity index is 1180. The molecule has 2 aliphatic heterocycles. The number of fused-ring (bicyclic) bond motifs is 1. The summed E-state index contributed by atoms with van der Waals surface area (Å²) >= 11 is 0. The number of hydrogen-bond acceptors (Lipinski definition) is 6. The first-order valence-corrected chi connectivity index (χ1v) is 10.6. The molecule has 32 heavy (non-hydrogen) atoms. The van der Waals surface area contributed by atoms with E-state index < -0.39 is 17.8 Å². The molecule has 0 bridgehead atoms. The first kappa shape index (κ1) is 20.7. The normalized spacial score (nSPS) is 20.9. The Balaban J connectivity index is 1.30. The Hall–Kier alpha value is -3.23. The van der Waals surface area contributed by atoms with E-state index in [4.69, 9.17) is 19.6 Å². The van der Waals surface area contributed by atoms with Crippen molar-refractivity contribution in [1.82, 2.24) is 5.32 Å². The van der Waals surface area contributed by atoms with Gasteiger partial charge in [-0.25, -0.2) is 4.39 Å². The van der Waals surface area contributed by atoms with Gasteiger partial charge in [-0.1, -0.05) is 12.1 Å². The van der Waals surface area contributed by atoms with Crippen LogP contribution in [-0.4, -0.2) is 43.1 Å². The van der Waals surface area contributed by atoms with Crippen LogP contribution in [0.3, 0.4) is 0 Å². The van der Waals surface area contributed by atoms with Gasteiger partial charge < -0.3 is 24.9 Å². The largest absolute Gasteiger partial charge is 0.490 e. The zero-order chi connectivity index (χ0) is 22.2. The van der Waals surface area contributed by atoms with Crippen LogP contribution in [-0.2, 0) is 11.2 Å². The van der Waals surface area contributed by atoms with Crippen LogP contribution in [0.15, 0.2) is 46.9 Å². The van der Waals surface area contributed by atoms with Gasteiger partial charge in [-0.2, -0.15) is 0 Å². The summed E-state index contributed by atoms with van der Waals surface area (Å²) in [6, 6.07) is 10.6. The summed E-state index contributed by atoms with van der Waals surface area (Å²) in [7, 11) is 0. The maximum Gasteiger partial charge on any atom is 0.284 e. The van der Waals surface area contributed by atoms with Crippen molar-refractivity contribution in [2.75, 3.05) is 13.2 Å². The van der Waals surface area contributed by atoms with Crippen LogP contribution in [0.2, 0.25) is 0 Å². The lowest BCUT2D eigenvalue weighted by molar-refractivity contribution is 0.0255. The number of amides is 1. The number of carbonyl (C=O) groups is 2. The van der Waals surface area contributed by atoms with E-state index in [-0.39, 0.29) is 23.7 Å². The lowest BCUT2D eigenvalue weighted by Crippen LogP contribution is -2.26. The fourth-order valence-corrected chi connectivity index (χ4v) is 4.24.